The molecule has 0 aliphatic carbocycles. The highest BCUT2D eigenvalue weighted by molar-refractivity contribution is 7.80. The average molecular weight is 708 g/mol. The van der Waals surface area contributed by atoms with Crippen LogP contribution in [0, 0.1) is 11.8 Å². The number of carbonyl (C=O) groups excluding carboxylic acids is 1. The van der Waals surface area contributed by atoms with Crippen molar-refractivity contribution in [3.05, 3.63) is 83.9 Å². The second-order valence-electron chi connectivity index (χ2n) is 14.3. The Bertz CT molecular complexity index is 1370. The van der Waals surface area contributed by atoms with Gasteiger partial charge in [-0.3, -0.25) is 9.69 Å². The van der Waals surface area contributed by atoms with E-state index in [9.17, 15) is 19.8 Å². The lowest BCUT2D eigenvalue weighted by molar-refractivity contribution is -0.168. The highest BCUT2D eigenvalue weighted by atomic mass is 32.1. The lowest BCUT2D eigenvalue weighted by atomic mass is 9.75. The first-order chi connectivity index (χ1) is 24.0. The molecule has 2 heterocycles. The van der Waals surface area contributed by atoms with E-state index in [4.69, 9.17) is 26.4 Å². The van der Waals surface area contributed by atoms with Gasteiger partial charge in [-0.15, -0.1) is 0 Å². The molecule has 3 atom stereocenters. The number of amides is 1. The van der Waals surface area contributed by atoms with Crippen molar-refractivity contribution in [2.75, 3.05) is 13.2 Å². The normalized spacial score (nSPS) is 20.2. The summed E-state index contributed by atoms with van der Waals surface area (Å²) in [6, 6.07) is 18.7. The summed E-state index contributed by atoms with van der Waals surface area (Å²) in [5, 5.41) is 21.3. The molecule has 0 spiro atoms. The minimum Gasteiger partial charge on any atom is -0.479 e. The van der Waals surface area contributed by atoms with Crippen molar-refractivity contribution in [1.82, 2.24) is 4.90 Å². The third-order valence-corrected chi connectivity index (χ3v) is 10.5. The monoisotopic (exact) mass is 707 g/mol. The van der Waals surface area contributed by atoms with Gasteiger partial charge in [0, 0.05) is 24.0 Å². The number of carboxylic acids is 1. The summed E-state index contributed by atoms with van der Waals surface area (Å²) >= 11 is 5.76. The number of aliphatic hydroxyl groups is 1. The van der Waals surface area contributed by atoms with Gasteiger partial charge in [0.05, 0.1) is 25.2 Å². The van der Waals surface area contributed by atoms with Gasteiger partial charge in [0.1, 0.15) is 0 Å². The van der Waals surface area contributed by atoms with Crippen LogP contribution in [0.1, 0.15) is 116 Å². The third-order valence-electron chi connectivity index (χ3n) is 10.2. The largest absolute Gasteiger partial charge is 0.479 e. The Morgan fingerprint density at radius 2 is 1.42 bits per heavy atom. The molecule has 0 saturated carbocycles. The van der Waals surface area contributed by atoms with Gasteiger partial charge in [0.2, 0.25) is 5.91 Å². The maximum Gasteiger partial charge on any atom is 0.336 e. The molecule has 2 N–H and O–H groups in total. The highest BCUT2D eigenvalue weighted by Gasteiger charge is 2.59. The molecule has 2 saturated heterocycles. The first-order valence-corrected chi connectivity index (χ1v) is 19.0. The van der Waals surface area contributed by atoms with Crippen LogP contribution in [0.2, 0.25) is 0 Å². The standard InChI is InChI=1S/C41H57NO7S/c1-5-6-7-11-20-27-40(47-29-30-48-40)28-21-12-9-8-10-19-26-34(39(4,46)37(44)45)36(43)42-35(31(2)3)41(49-38(42)50,32-22-15-13-16-23-32)33-24-17-14-18-25-33/h13-19,22-26,31,34-35,46H,5-12,20-21,27-30H2,1-4H3,(H,44,45). The van der Waals surface area contributed by atoms with E-state index in [1.807, 2.05) is 80.6 Å². The molecular formula is C41H57NO7S. The molecule has 274 valence electrons. The molecule has 4 rings (SSSR count). The number of unbranched alkanes of at least 4 members (excludes halogenated alkanes) is 8. The predicted molar refractivity (Wildman–Crippen MR) is 199 cm³/mol. The smallest absolute Gasteiger partial charge is 0.336 e. The fourth-order valence-corrected chi connectivity index (χ4v) is 7.81. The summed E-state index contributed by atoms with van der Waals surface area (Å²) in [6.07, 6.45) is 15.8. The lowest BCUT2D eigenvalue weighted by Crippen LogP contribution is -2.55. The van der Waals surface area contributed by atoms with Gasteiger partial charge in [-0.1, -0.05) is 132 Å². The van der Waals surface area contributed by atoms with Crippen molar-refractivity contribution in [3.63, 3.8) is 0 Å². The Morgan fingerprint density at radius 3 is 1.92 bits per heavy atom. The third kappa shape index (κ3) is 9.21. The SMILES string of the molecule is CCCCCCCC1(CCCCCCC=CC(C(=O)N2C(=S)OC(c3ccccc3)(c3ccccc3)C2C(C)C)C(C)(O)C(=O)O)OCCO1. The zero-order chi connectivity index (χ0) is 36.2. The van der Waals surface area contributed by atoms with Gasteiger partial charge < -0.3 is 24.4 Å². The van der Waals surface area contributed by atoms with Crippen molar-refractivity contribution in [2.24, 2.45) is 11.8 Å². The van der Waals surface area contributed by atoms with Gasteiger partial charge in [-0.2, -0.15) is 0 Å². The summed E-state index contributed by atoms with van der Waals surface area (Å²) < 4.78 is 18.7. The summed E-state index contributed by atoms with van der Waals surface area (Å²) in [6.45, 7) is 8.69. The Morgan fingerprint density at radius 1 is 0.900 bits per heavy atom. The molecule has 9 heteroatoms. The number of nitrogens with zero attached hydrogens (tertiary/aromatic N) is 1. The first-order valence-electron chi connectivity index (χ1n) is 18.6. The zero-order valence-corrected chi connectivity index (χ0v) is 31.2. The summed E-state index contributed by atoms with van der Waals surface area (Å²) in [5.74, 6) is -4.07. The number of carbonyl (C=O) groups is 2. The van der Waals surface area contributed by atoms with Crippen LogP contribution >= 0.6 is 12.2 Å². The molecule has 2 aliphatic rings. The number of aliphatic carboxylic acids is 1. The van der Waals surface area contributed by atoms with Crippen LogP contribution < -0.4 is 0 Å². The molecule has 3 unspecified atom stereocenters. The number of carboxylic acid groups (broad SMARTS) is 1. The number of benzene rings is 2. The molecule has 8 nitrogen and oxygen atoms in total. The van der Waals surface area contributed by atoms with E-state index in [1.54, 1.807) is 0 Å². The van der Waals surface area contributed by atoms with E-state index in [-0.39, 0.29) is 11.1 Å². The first kappa shape index (κ1) is 39.7. The van der Waals surface area contributed by atoms with E-state index >= 15 is 0 Å². The summed E-state index contributed by atoms with van der Waals surface area (Å²) in [7, 11) is 0. The van der Waals surface area contributed by atoms with E-state index in [0.29, 0.717) is 19.6 Å². The van der Waals surface area contributed by atoms with Crippen LogP contribution in [0.25, 0.3) is 0 Å². The molecule has 2 aromatic carbocycles. The molecule has 1 amide bonds. The predicted octanol–water partition coefficient (Wildman–Crippen LogP) is 8.55. The Hall–Kier alpha value is -3.11. The van der Waals surface area contributed by atoms with Crippen LogP contribution in [0.3, 0.4) is 0 Å². The molecule has 2 aliphatic heterocycles. The van der Waals surface area contributed by atoms with Crippen LogP contribution in [0.15, 0.2) is 72.8 Å². The van der Waals surface area contributed by atoms with E-state index in [1.165, 1.54) is 43.6 Å². The second kappa shape index (κ2) is 18.4. The number of hydrogen-bond acceptors (Lipinski definition) is 7. The summed E-state index contributed by atoms with van der Waals surface area (Å²) in [4.78, 5) is 28.3. The molecule has 0 aromatic heterocycles. The minimum absolute atomic E-state index is 0.0463. The Labute approximate surface area is 304 Å². The number of ether oxygens (including phenoxy) is 3. The number of hydrogen-bond donors (Lipinski definition) is 2. The fourth-order valence-electron chi connectivity index (χ4n) is 7.48. The molecule has 0 bridgehead atoms. The van der Waals surface area contributed by atoms with Crippen molar-refractivity contribution < 1.29 is 34.0 Å². The Balaban J connectivity index is 1.44. The fraction of sp³-hybridized carbons (Fsp3) is 0.585. The van der Waals surface area contributed by atoms with Crippen LogP contribution in [0.4, 0.5) is 0 Å². The van der Waals surface area contributed by atoms with Crippen LogP contribution in [-0.2, 0) is 29.4 Å². The molecule has 2 fully saturated rings. The molecule has 50 heavy (non-hydrogen) atoms. The van der Waals surface area contributed by atoms with E-state index < -0.39 is 40.8 Å². The van der Waals surface area contributed by atoms with Crippen molar-refractivity contribution in [2.45, 2.75) is 128 Å². The quantitative estimate of drug-likeness (QED) is 0.0802. The van der Waals surface area contributed by atoms with Gasteiger partial charge >= 0.3 is 5.97 Å². The second-order valence-corrected chi connectivity index (χ2v) is 14.7. The zero-order valence-electron chi connectivity index (χ0n) is 30.4. The van der Waals surface area contributed by atoms with Crippen molar-refractivity contribution in [3.8, 4) is 0 Å². The van der Waals surface area contributed by atoms with Gasteiger partial charge in [0.15, 0.2) is 17.0 Å². The number of thiocarbonyl (C=S) groups is 1. The number of rotatable bonds is 20. The molecular weight excluding hydrogens is 651 g/mol. The Kier molecular flexibility index (Phi) is 14.6. The van der Waals surface area contributed by atoms with Gasteiger partial charge in [-0.05, 0) is 50.7 Å². The van der Waals surface area contributed by atoms with Crippen molar-refractivity contribution >= 4 is 29.3 Å². The maximum atomic E-state index is 14.5. The number of allylic oxidation sites excluding steroid dienone is 1. The topological polar surface area (TPSA) is 106 Å². The maximum absolute atomic E-state index is 14.5. The van der Waals surface area contributed by atoms with Crippen LogP contribution in [0.5, 0.6) is 0 Å². The lowest BCUT2D eigenvalue weighted by Gasteiger charge is -2.39. The highest BCUT2D eigenvalue weighted by Crippen LogP contribution is 2.48. The minimum atomic E-state index is -2.37. The van der Waals surface area contributed by atoms with Crippen LogP contribution in [-0.4, -0.2) is 62.8 Å². The molecule has 0 radical (unpaired) electrons. The molecule has 2 aromatic rings. The van der Waals surface area contributed by atoms with E-state index in [0.717, 1.165) is 56.1 Å². The van der Waals surface area contributed by atoms with Crippen molar-refractivity contribution in [1.29, 1.82) is 0 Å². The average Bonchev–Trinajstić information content (AvgIpc) is 3.71. The van der Waals surface area contributed by atoms with Gasteiger partial charge in [0.25, 0.3) is 5.17 Å². The summed E-state index contributed by atoms with van der Waals surface area (Å²) in [5.41, 5.74) is -1.86. The van der Waals surface area contributed by atoms with E-state index in [2.05, 4.69) is 6.92 Å². The van der Waals surface area contributed by atoms with Gasteiger partial charge in [-0.25, -0.2) is 4.79 Å².